The predicted octanol–water partition coefficient (Wildman–Crippen LogP) is 5.07. The van der Waals surface area contributed by atoms with Crippen LogP contribution >= 0.6 is 0 Å². The number of hydrogen-bond acceptors (Lipinski definition) is 2. The molecule has 1 fully saturated rings. The van der Waals surface area contributed by atoms with E-state index in [2.05, 4.69) is 4.74 Å². The van der Waals surface area contributed by atoms with Crippen molar-refractivity contribution < 1.29 is 66.6 Å². The maximum atomic E-state index is 14.2. The zero-order valence-corrected chi connectivity index (χ0v) is 13.2. The van der Waals surface area contributed by atoms with Gasteiger partial charge in [-0.1, -0.05) is 0 Å². The highest BCUT2D eigenvalue weighted by Gasteiger charge is 3.06. The van der Waals surface area contributed by atoms with Crippen molar-refractivity contribution in [2.45, 2.75) is 62.2 Å². The van der Waals surface area contributed by atoms with Crippen molar-refractivity contribution in [3.05, 3.63) is 0 Å². The van der Waals surface area contributed by atoms with Gasteiger partial charge >= 0.3 is 47.4 Å². The molecule has 0 aromatic heterocycles. The zero-order chi connectivity index (χ0) is 22.3. The smallest absolute Gasteiger partial charge is 0.398 e. The molecular weight excluding hydrogens is 423 g/mol. The highest BCUT2D eigenvalue weighted by atomic mass is 19.4. The lowest BCUT2D eigenvalue weighted by Crippen LogP contribution is -2.87. The fraction of sp³-hybridized carbons (Fsp3) is 0.917. The number of hydrogen-bond donors (Lipinski definition) is 0. The van der Waals surface area contributed by atoms with Gasteiger partial charge in [0.15, 0.2) is 0 Å². The third-order valence-electron chi connectivity index (χ3n) is 3.68. The Labute approximate surface area is 141 Å². The van der Waals surface area contributed by atoms with Crippen LogP contribution in [0, 0.1) is 5.41 Å². The molecule has 0 radical (unpaired) electrons. The fourth-order valence-electron chi connectivity index (χ4n) is 1.93. The van der Waals surface area contributed by atoms with Crippen LogP contribution in [-0.2, 0) is 9.53 Å². The van der Waals surface area contributed by atoms with Crippen molar-refractivity contribution in [2.24, 2.45) is 5.41 Å². The minimum Gasteiger partial charge on any atom is -0.398 e. The van der Waals surface area contributed by atoms with Crippen LogP contribution in [0.25, 0.3) is 0 Å². The lowest BCUT2D eigenvalue weighted by Gasteiger charge is -2.53. The predicted molar refractivity (Wildman–Crippen MR) is 59.1 cm³/mol. The summed E-state index contributed by atoms with van der Waals surface area (Å²) in [5.41, 5.74) is -9.91. The molecule has 0 atom stereocenters. The second-order valence-corrected chi connectivity index (χ2v) is 6.69. The summed E-state index contributed by atoms with van der Waals surface area (Å²) in [5, 5.41) is 0. The van der Waals surface area contributed by atoms with Crippen LogP contribution in [0.1, 0.15) is 20.8 Å². The molecule has 0 saturated heterocycles. The van der Waals surface area contributed by atoms with Crippen molar-refractivity contribution in [3.8, 4) is 0 Å². The van der Waals surface area contributed by atoms with Gasteiger partial charge in [0.2, 0.25) is 0 Å². The standard InChI is InChI=1S/C12H9F13O2/c1-5(2,3)4(26)27-12(24,25)6(13)7(14,15)9(18,19)11(22,23)10(20,21)8(6,16)17/h1-3H3. The van der Waals surface area contributed by atoms with E-state index in [0.717, 1.165) is 0 Å². The monoisotopic (exact) mass is 432 g/mol. The molecule has 1 aliphatic carbocycles. The van der Waals surface area contributed by atoms with Crippen LogP contribution in [0.15, 0.2) is 0 Å². The maximum absolute atomic E-state index is 14.2. The molecule has 27 heavy (non-hydrogen) atoms. The van der Waals surface area contributed by atoms with E-state index in [4.69, 9.17) is 0 Å². The van der Waals surface area contributed by atoms with Crippen LogP contribution in [-0.4, -0.2) is 47.4 Å². The summed E-state index contributed by atoms with van der Waals surface area (Å²) >= 11 is 0. The average molecular weight is 432 g/mol. The molecule has 2 nitrogen and oxygen atoms in total. The van der Waals surface area contributed by atoms with Crippen LogP contribution in [0.5, 0.6) is 0 Å². The Balaban J connectivity index is 3.84. The van der Waals surface area contributed by atoms with E-state index in [1.807, 2.05) is 0 Å². The minimum atomic E-state index is -7.81. The summed E-state index contributed by atoms with van der Waals surface area (Å²) in [5.74, 6) is -41.2. The second-order valence-electron chi connectivity index (χ2n) is 6.69. The molecule has 15 heteroatoms. The minimum absolute atomic E-state index is 0.685. The number of halogens is 13. The Morgan fingerprint density at radius 1 is 0.630 bits per heavy atom. The van der Waals surface area contributed by atoms with E-state index in [1.165, 1.54) is 0 Å². The molecule has 1 aliphatic rings. The maximum Gasteiger partial charge on any atom is 0.448 e. The lowest BCUT2D eigenvalue weighted by atomic mass is 9.71. The van der Waals surface area contributed by atoms with Gasteiger partial charge in [0.1, 0.15) is 0 Å². The Morgan fingerprint density at radius 2 is 0.889 bits per heavy atom. The number of alkyl halides is 13. The van der Waals surface area contributed by atoms with E-state index in [9.17, 15) is 61.9 Å². The van der Waals surface area contributed by atoms with Gasteiger partial charge in [0.05, 0.1) is 5.41 Å². The molecule has 0 aromatic rings. The van der Waals surface area contributed by atoms with Crippen molar-refractivity contribution in [1.82, 2.24) is 0 Å². The van der Waals surface area contributed by atoms with Crippen LogP contribution < -0.4 is 0 Å². The molecule has 1 rings (SSSR count). The van der Waals surface area contributed by atoms with Crippen molar-refractivity contribution in [1.29, 1.82) is 0 Å². The van der Waals surface area contributed by atoms with Crippen molar-refractivity contribution in [3.63, 3.8) is 0 Å². The van der Waals surface area contributed by atoms with Gasteiger partial charge in [-0.15, -0.1) is 0 Å². The van der Waals surface area contributed by atoms with Gasteiger partial charge in [0.25, 0.3) is 0 Å². The van der Waals surface area contributed by atoms with E-state index in [1.54, 1.807) is 0 Å². The molecule has 0 aromatic carbocycles. The summed E-state index contributed by atoms with van der Waals surface area (Å²) in [6.07, 6.45) is -7.08. The summed E-state index contributed by atoms with van der Waals surface area (Å²) in [6.45, 7) is 2.06. The zero-order valence-electron chi connectivity index (χ0n) is 13.2. The first-order valence-corrected chi connectivity index (χ1v) is 6.57. The average Bonchev–Trinajstić information content (AvgIpc) is 2.42. The van der Waals surface area contributed by atoms with Gasteiger partial charge in [-0.3, -0.25) is 4.79 Å². The van der Waals surface area contributed by atoms with E-state index in [-0.39, 0.29) is 0 Å². The molecule has 1 saturated carbocycles. The first-order valence-electron chi connectivity index (χ1n) is 6.57. The first kappa shape index (κ1) is 23.6. The number of rotatable bonds is 2. The molecule has 0 bridgehead atoms. The van der Waals surface area contributed by atoms with Crippen LogP contribution in [0.4, 0.5) is 57.1 Å². The van der Waals surface area contributed by atoms with Crippen LogP contribution in [0.2, 0.25) is 0 Å². The lowest BCUT2D eigenvalue weighted by molar-refractivity contribution is -0.522. The summed E-state index contributed by atoms with van der Waals surface area (Å²) in [7, 11) is 0. The summed E-state index contributed by atoms with van der Waals surface area (Å²) in [4.78, 5) is 11.3. The second kappa shape index (κ2) is 5.33. The van der Waals surface area contributed by atoms with Gasteiger partial charge in [-0.05, 0) is 20.8 Å². The number of carbonyl (C=O) groups is 1. The quantitative estimate of drug-likeness (QED) is 0.450. The third kappa shape index (κ3) is 2.37. The van der Waals surface area contributed by atoms with E-state index >= 15 is 0 Å². The Hall–Kier alpha value is -1.44. The van der Waals surface area contributed by atoms with Gasteiger partial charge in [-0.25, -0.2) is 4.39 Å². The van der Waals surface area contributed by atoms with Crippen molar-refractivity contribution in [2.75, 3.05) is 0 Å². The normalized spacial score (nSPS) is 27.7. The Morgan fingerprint density at radius 3 is 1.15 bits per heavy atom. The molecule has 0 spiro atoms. The SMILES string of the molecule is CC(C)(C)C(=O)OC(F)(F)C1(F)C(F)(F)C(F)(F)C(F)(F)C(F)(F)C1(F)F. The summed E-state index contributed by atoms with van der Waals surface area (Å²) < 4.78 is 177. The number of ether oxygens (including phenoxy) is 1. The Bertz CT molecular complexity index is 602. The third-order valence-corrected chi connectivity index (χ3v) is 3.68. The number of carbonyl (C=O) groups excluding carboxylic acids is 1. The number of esters is 1. The molecule has 0 heterocycles. The summed E-state index contributed by atoms with van der Waals surface area (Å²) in [6, 6.07) is 0. The van der Waals surface area contributed by atoms with Gasteiger partial charge in [0, 0.05) is 0 Å². The van der Waals surface area contributed by atoms with Crippen LogP contribution in [0.3, 0.4) is 0 Å². The topological polar surface area (TPSA) is 26.3 Å². The molecule has 0 unspecified atom stereocenters. The largest absolute Gasteiger partial charge is 0.448 e. The van der Waals surface area contributed by atoms with Gasteiger partial charge in [-0.2, -0.15) is 52.7 Å². The van der Waals surface area contributed by atoms with Gasteiger partial charge < -0.3 is 4.74 Å². The first-order chi connectivity index (χ1) is 11.4. The highest BCUT2D eigenvalue weighted by molar-refractivity contribution is 5.75. The fourth-order valence-corrected chi connectivity index (χ4v) is 1.93. The van der Waals surface area contributed by atoms with E-state index < -0.39 is 52.8 Å². The molecule has 0 N–H and O–H groups in total. The Kier molecular flexibility index (Phi) is 4.66. The van der Waals surface area contributed by atoms with Crippen molar-refractivity contribution >= 4 is 5.97 Å². The molecule has 0 amide bonds. The molecular formula is C12H9F13O2. The molecule has 0 aliphatic heterocycles. The molecule has 160 valence electrons. The van der Waals surface area contributed by atoms with E-state index in [0.29, 0.717) is 20.8 Å². The highest BCUT2D eigenvalue weighted by Crippen LogP contribution is 2.72.